The van der Waals surface area contributed by atoms with Gasteiger partial charge >= 0.3 is 5.97 Å². The Labute approximate surface area is 91.1 Å². The highest BCUT2D eigenvalue weighted by Gasteiger charge is 2.19. The standard InChI is InChI=1S/C7H13NO.C4H8O2/c1-2-3-6-4-7(9)8-5-6;1-2-3-4(5)6/h6H,2-5H2,1H3,(H,8,9);2-3H2,1H3,(H,5,6)/t6-;/m1./s1. The summed E-state index contributed by atoms with van der Waals surface area (Å²) in [6.45, 7) is 4.91. The molecule has 1 saturated heterocycles. The molecule has 88 valence electrons. The second-order valence-electron chi connectivity index (χ2n) is 3.81. The van der Waals surface area contributed by atoms with Gasteiger partial charge in [0, 0.05) is 19.4 Å². The molecular weight excluding hydrogens is 194 g/mol. The minimum Gasteiger partial charge on any atom is -0.481 e. The van der Waals surface area contributed by atoms with Crippen molar-refractivity contribution in [3.63, 3.8) is 0 Å². The topological polar surface area (TPSA) is 66.4 Å². The molecule has 1 aliphatic heterocycles. The molecule has 1 atom stereocenters. The van der Waals surface area contributed by atoms with Crippen molar-refractivity contribution in [2.75, 3.05) is 6.54 Å². The number of hydrogen-bond acceptors (Lipinski definition) is 2. The Kier molecular flexibility index (Phi) is 7.68. The quantitative estimate of drug-likeness (QED) is 0.751. The van der Waals surface area contributed by atoms with E-state index in [0.29, 0.717) is 12.3 Å². The van der Waals surface area contributed by atoms with E-state index < -0.39 is 5.97 Å². The summed E-state index contributed by atoms with van der Waals surface area (Å²) in [5, 5.41) is 10.7. The van der Waals surface area contributed by atoms with Crippen LogP contribution in [-0.2, 0) is 9.59 Å². The van der Waals surface area contributed by atoms with E-state index in [0.717, 1.165) is 19.4 Å². The van der Waals surface area contributed by atoms with Crippen LogP contribution in [0.5, 0.6) is 0 Å². The molecule has 1 rings (SSSR count). The van der Waals surface area contributed by atoms with Crippen molar-refractivity contribution in [3.8, 4) is 0 Å². The lowest BCUT2D eigenvalue weighted by Gasteiger charge is -2.01. The summed E-state index contributed by atoms with van der Waals surface area (Å²) in [7, 11) is 0. The minimum absolute atomic E-state index is 0.230. The molecule has 0 saturated carbocycles. The summed E-state index contributed by atoms with van der Waals surface area (Å²) in [4.78, 5) is 20.2. The van der Waals surface area contributed by atoms with Gasteiger partial charge in [-0.2, -0.15) is 0 Å². The largest absolute Gasteiger partial charge is 0.481 e. The molecule has 0 aromatic rings. The lowest BCUT2D eigenvalue weighted by molar-refractivity contribution is -0.137. The van der Waals surface area contributed by atoms with Crippen molar-refractivity contribution >= 4 is 11.9 Å². The predicted molar refractivity (Wildman–Crippen MR) is 58.6 cm³/mol. The van der Waals surface area contributed by atoms with Crippen molar-refractivity contribution in [2.45, 2.75) is 46.0 Å². The van der Waals surface area contributed by atoms with Gasteiger partial charge in [0.1, 0.15) is 0 Å². The molecule has 2 N–H and O–H groups in total. The molecule has 1 heterocycles. The second-order valence-corrected chi connectivity index (χ2v) is 3.81. The van der Waals surface area contributed by atoms with Crippen LogP contribution in [0.1, 0.15) is 46.0 Å². The average Bonchev–Trinajstić information content (AvgIpc) is 2.53. The normalized spacial score (nSPS) is 19.1. The Morgan fingerprint density at radius 1 is 1.47 bits per heavy atom. The Morgan fingerprint density at radius 3 is 2.40 bits per heavy atom. The molecule has 0 unspecified atom stereocenters. The Morgan fingerprint density at radius 2 is 2.13 bits per heavy atom. The van der Waals surface area contributed by atoms with Crippen LogP contribution in [0.25, 0.3) is 0 Å². The molecular formula is C11H21NO3. The first-order valence-electron chi connectivity index (χ1n) is 5.58. The maximum Gasteiger partial charge on any atom is 0.303 e. The van der Waals surface area contributed by atoms with Crippen molar-refractivity contribution in [1.29, 1.82) is 0 Å². The summed E-state index contributed by atoms with van der Waals surface area (Å²) in [6, 6.07) is 0. The van der Waals surface area contributed by atoms with Gasteiger partial charge in [0.25, 0.3) is 0 Å². The smallest absolute Gasteiger partial charge is 0.303 e. The first kappa shape index (κ1) is 13.9. The van der Waals surface area contributed by atoms with Crippen molar-refractivity contribution in [2.24, 2.45) is 5.92 Å². The number of carbonyl (C=O) groups excluding carboxylic acids is 1. The minimum atomic E-state index is -0.711. The Balaban J connectivity index is 0.000000288. The third kappa shape index (κ3) is 7.97. The third-order valence-electron chi connectivity index (χ3n) is 2.22. The molecule has 0 aromatic heterocycles. The van der Waals surface area contributed by atoms with Crippen LogP contribution in [-0.4, -0.2) is 23.5 Å². The number of rotatable bonds is 4. The van der Waals surface area contributed by atoms with Crippen molar-refractivity contribution < 1.29 is 14.7 Å². The number of nitrogens with one attached hydrogen (secondary N) is 1. The van der Waals surface area contributed by atoms with Crippen LogP contribution in [0.2, 0.25) is 0 Å². The van der Waals surface area contributed by atoms with E-state index >= 15 is 0 Å². The number of hydrogen-bond donors (Lipinski definition) is 2. The van der Waals surface area contributed by atoms with Crippen molar-refractivity contribution in [3.05, 3.63) is 0 Å². The van der Waals surface area contributed by atoms with E-state index in [-0.39, 0.29) is 5.91 Å². The van der Waals surface area contributed by atoms with Crippen molar-refractivity contribution in [1.82, 2.24) is 5.32 Å². The van der Waals surface area contributed by atoms with Gasteiger partial charge in [-0.3, -0.25) is 9.59 Å². The highest BCUT2D eigenvalue weighted by atomic mass is 16.4. The van der Waals surface area contributed by atoms with Gasteiger partial charge in [0.2, 0.25) is 5.91 Å². The lowest BCUT2D eigenvalue weighted by Crippen LogP contribution is -2.13. The van der Waals surface area contributed by atoms with Gasteiger partial charge in [0.15, 0.2) is 0 Å². The molecule has 1 aliphatic rings. The van der Waals surface area contributed by atoms with E-state index in [2.05, 4.69) is 12.2 Å². The van der Waals surface area contributed by atoms with Crippen LogP contribution in [0, 0.1) is 5.92 Å². The Hall–Kier alpha value is -1.06. The van der Waals surface area contributed by atoms with Crippen LogP contribution < -0.4 is 5.32 Å². The second kappa shape index (κ2) is 8.26. The van der Waals surface area contributed by atoms with Crippen LogP contribution in [0.3, 0.4) is 0 Å². The van der Waals surface area contributed by atoms with Crippen LogP contribution in [0.15, 0.2) is 0 Å². The highest BCUT2D eigenvalue weighted by molar-refractivity contribution is 5.78. The molecule has 0 radical (unpaired) electrons. The monoisotopic (exact) mass is 215 g/mol. The zero-order valence-electron chi connectivity index (χ0n) is 9.58. The average molecular weight is 215 g/mol. The number of carbonyl (C=O) groups is 2. The number of amides is 1. The zero-order valence-corrected chi connectivity index (χ0v) is 9.58. The molecule has 0 spiro atoms. The number of carboxylic acids is 1. The van der Waals surface area contributed by atoms with Crippen LogP contribution >= 0.6 is 0 Å². The first-order chi connectivity index (χ1) is 7.10. The highest BCUT2D eigenvalue weighted by Crippen LogP contribution is 2.14. The molecule has 1 amide bonds. The van der Waals surface area contributed by atoms with Gasteiger partial charge in [-0.25, -0.2) is 0 Å². The van der Waals surface area contributed by atoms with E-state index in [1.807, 2.05) is 6.92 Å². The molecule has 0 aliphatic carbocycles. The summed E-state index contributed by atoms with van der Waals surface area (Å²) < 4.78 is 0. The van der Waals surface area contributed by atoms with Gasteiger partial charge in [-0.05, 0) is 18.8 Å². The summed E-state index contributed by atoms with van der Waals surface area (Å²) in [5.74, 6) is 0.147. The molecule has 4 heteroatoms. The van der Waals surface area contributed by atoms with E-state index in [9.17, 15) is 9.59 Å². The number of aliphatic carboxylic acids is 1. The Bertz CT molecular complexity index is 204. The maximum atomic E-state index is 10.6. The summed E-state index contributed by atoms with van der Waals surface area (Å²) in [5.41, 5.74) is 0. The fourth-order valence-electron chi connectivity index (χ4n) is 1.49. The van der Waals surface area contributed by atoms with Gasteiger partial charge in [0.05, 0.1) is 0 Å². The zero-order chi connectivity index (χ0) is 11.7. The van der Waals surface area contributed by atoms with Gasteiger partial charge in [-0.1, -0.05) is 20.3 Å². The van der Waals surface area contributed by atoms with E-state index in [1.54, 1.807) is 0 Å². The molecule has 4 nitrogen and oxygen atoms in total. The molecule has 0 bridgehead atoms. The molecule has 15 heavy (non-hydrogen) atoms. The summed E-state index contributed by atoms with van der Waals surface area (Å²) in [6.07, 6.45) is 4.17. The first-order valence-corrected chi connectivity index (χ1v) is 5.58. The van der Waals surface area contributed by atoms with E-state index in [4.69, 9.17) is 5.11 Å². The van der Waals surface area contributed by atoms with Gasteiger partial charge in [-0.15, -0.1) is 0 Å². The SMILES string of the molecule is CCCC(=O)O.CCC[C@H]1CNC(=O)C1. The fourth-order valence-corrected chi connectivity index (χ4v) is 1.49. The fraction of sp³-hybridized carbons (Fsp3) is 0.818. The molecule has 0 aromatic carbocycles. The van der Waals surface area contributed by atoms with E-state index in [1.165, 1.54) is 12.8 Å². The van der Waals surface area contributed by atoms with Gasteiger partial charge < -0.3 is 10.4 Å². The maximum absolute atomic E-state index is 10.6. The lowest BCUT2D eigenvalue weighted by atomic mass is 10.0. The summed E-state index contributed by atoms with van der Waals surface area (Å²) >= 11 is 0. The molecule has 1 fully saturated rings. The third-order valence-corrected chi connectivity index (χ3v) is 2.22. The number of carboxylic acid groups (broad SMARTS) is 1. The van der Waals surface area contributed by atoms with Crippen LogP contribution in [0.4, 0.5) is 0 Å². The predicted octanol–water partition coefficient (Wildman–Crippen LogP) is 1.79.